The molecule has 4 aliphatic rings. The lowest BCUT2D eigenvalue weighted by Gasteiger charge is -2.60. The fourth-order valence-electron chi connectivity index (χ4n) is 8.30. The number of carbonyl (C=O) groups is 3. The van der Waals surface area contributed by atoms with Crippen molar-refractivity contribution in [1.82, 2.24) is 0 Å². The predicted octanol–water partition coefficient (Wildman–Crippen LogP) is 5.14. The molecule has 4 fully saturated rings. The number of carbonyl (C=O) groups excluding carboxylic acids is 2. The summed E-state index contributed by atoms with van der Waals surface area (Å²) in [7, 11) is 0. The van der Waals surface area contributed by atoms with Crippen LogP contribution in [-0.4, -0.2) is 28.6 Å². The van der Waals surface area contributed by atoms with Crippen molar-refractivity contribution in [1.29, 1.82) is 0 Å². The minimum atomic E-state index is -3.28. The zero-order valence-corrected chi connectivity index (χ0v) is 18.3. The number of Topliss-reactive ketones (excluding diaryl/α,β-unsaturated/α-hetero) is 2. The topological polar surface area (TPSA) is 71.4 Å². The number of alkyl halides is 2. The van der Waals surface area contributed by atoms with Crippen molar-refractivity contribution in [2.24, 2.45) is 46.3 Å². The fraction of sp³-hybridized carbons (Fsp3) is 0.875. The Balaban J connectivity index is 1.60. The van der Waals surface area contributed by atoms with Gasteiger partial charge in [0.25, 0.3) is 0 Å². The van der Waals surface area contributed by atoms with Crippen molar-refractivity contribution in [3.8, 4) is 0 Å². The molecule has 6 heteroatoms. The van der Waals surface area contributed by atoms with Gasteiger partial charge in [-0.3, -0.25) is 14.4 Å². The van der Waals surface area contributed by atoms with Crippen LogP contribution in [0.1, 0.15) is 78.6 Å². The van der Waals surface area contributed by atoms with Crippen molar-refractivity contribution in [3.05, 3.63) is 0 Å². The van der Waals surface area contributed by atoms with Gasteiger partial charge in [-0.25, -0.2) is 0 Å². The summed E-state index contributed by atoms with van der Waals surface area (Å²) in [6.07, 6.45) is 4.01. The predicted molar refractivity (Wildman–Crippen MR) is 107 cm³/mol. The molecule has 0 aliphatic heterocycles. The molecular formula is C24H34F2O4. The summed E-state index contributed by atoms with van der Waals surface area (Å²) in [5.41, 5.74) is -0.699. The van der Waals surface area contributed by atoms with E-state index in [9.17, 15) is 23.2 Å². The molecule has 0 unspecified atom stereocenters. The number of hydrogen-bond donors (Lipinski definition) is 1. The number of carboxylic acids is 1. The molecule has 0 aromatic rings. The minimum absolute atomic E-state index is 0.0368. The van der Waals surface area contributed by atoms with E-state index in [0.717, 1.165) is 25.7 Å². The standard InChI is InChI=1S/C24H34F2O4/c1-13(4-7-20(29)30)15-5-6-16-21-17(8-9-22(15,16)2)23(3)12-24(25,26)19(28)11-14(23)10-18(21)27/h13-17,21H,4-12H2,1-3H3,(H,29,30)/t13-,14-,15-,16+,17+,21+,22-,23+/m1/s1. The maximum Gasteiger partial charge on any atom is 0.305 e. The van der Waals surface area contributed by atoms with Crippen LogP contribution in [0.3, 0.4) is 0 Å². The number of rotatable bonds is 4. The molecule has 4 rings (SSSR count). The van der Waals surface area contributed by atoms with Crippen LogP contribution in [0.2, 0.25) is 0 Å². The highest BCUT2D eigenvalue weighted by Gasteiger charge is 2.66. The molecule has 4 nitrogen and oxygen atoms in total. The van der Waals surface area contributed by atoms with E-state index in [1.165, 1.54) is 0 Å². The molecule has 0 bridgehead atoms. The normalized spacial score (nSPS) is 46.0. The first-order valence-corrected chi connectivity index (χ1v) is 11.6. The van der Waals surface area contributed by atoms with Crippen molar-refractivity contribution < 1.29 is 28.3 Å². The molecule has 0 radical (unpaired) electrons. The molecule has 0 spiro atoms. The van der Waals surface area contributed by atoms with Gasteiger partial charge in [-0.2, -0.15) is 8.78 Å². The second kappa shape index (κ2) is 7.09. The number of halogens is 2. The Morgan fingerprint density at radius 1 is 1.10 bits per heavy atom. The van der Waals surface area contributed by atoms with Gasteiger partial charge in [0.2, 0.25) is 5.78 Å². The van der Waals surface area contributed by atoms with E-state index in [-0.39, 0.29) is 60.1 Å². The van der Waals surface area contributed by atoms with Crippen molar-refractivity contribution in [3.63, 3.8) is 0 Å². The highest BCUT2D eigenvalue weighted by atomic mass is 19.3. The molecule has 0 amide bonds. The SMILES string of the molecule is C[C@H](CCC(=O)O)[C@H]1CC[C@H]2[C@@H]3C(=O)C[C@@H]4CC(=O)C(F)(F)C[C@]4(C)[C@H]3CC[C@]12C. The molecule has 0 saturated heterocycles. The summed E-state index contributed by atoms with van der Waals surface area (Å²) in [6, 6.07) is 0. The largest absolute Gasteiger partial charge is 0.481 e. The van der Waals surface area contributed by atoms with E-state index < -0.39 is 29.5 Å². The first-order chi connectivity index (χ1) is 13.9. The molecule has 30 heavy (non-hydrogen) atoms. The molecule has 8 atom stereocenters. The van der Waals surface area contributed by atoms with Gasteiger partial charge in [0, 0.05) is 31.6 Å². The zero-order chi connectivity index (χ0) is 22.1. The highest BCUT2D eigenvalue weighted by Crippen LogP contribution is 2.68. The third-order valence-electron chi connectivity index (χ3n) is 9.89. The Morgan fingerprint density at radius 3 is 2.43 bits per heavy atom. The molecule has 4 aliphatic carbocycles. The lowest BCUT2D eigenvalue weighted by Crippen LogP contribution is -2.60. The monoisotopic (exact) mass is 424 g/mol. The van der Waals surface area contributed by atoms with Gasteiger partial charge in [0.05, 0.1) is 0 Å². The molecule has 0 heterocycles. The molecule has 0 aromatic carbocycles. The van der Waals surface area contributed by atoms with Crippen LogP contribution < -0.4 is 0 Å². The van der Waals surface area contributed by atoms with Gasteiger partial charge in [-0.1, -0.05) is 20.8 Å². The third-order valence-corrected chi connectivity index (χ3v) is 9.89. The van der Waals surface area contributed by atoms with Gasteiger partial charge in [-0.15, -0.1) is 0 Å². The van der Waals surface area contributed by atoms with Gasteiger partial charge < -0.3 is 5.11 Å². The maximum atomic E-state index is 14.4. The summed E-state index contributed by atoms with van der Waals surface area (Å²) in [5.74, 6) is -4.57. The maximum absolute atomic E-state index is 14.4. The molecule has 1 N–H and O–H groups in total. The van der Waals surface area contributed by atoms with Crippen LogP contribution in [0.4, 0.5) is 8.78 Å². The van der Waals surface area contributed by atoms with Gasteiger partial charge in [-0.05, 0) is 72.5 Å². The number of hydrogen-bond acceptors (Lipinski definition) is 3. The molecular weight excluding hydrogens is 390 g/mol. The quantitative estimate of drug-likeness (QED) is 0.678. The first-order valence-electron chi connectivity index (χ1n) is 11.6. The molecule has 4 saturated carbocycles. The Hall–Kier alpha value is -1.33. The van der Waals surface area contributed by atoms with Crippen LogP contribution in [0.5, 0.6) is 0 Å². The average Bonchev–Trinajstić information content (AvgIpc) is 2.99. The highest BCUT2D eigenvalue weighted by molar-refractivity contribution is 5.89. The van der Waals surface area contributed by atoms with Gasteiger partial charge in [0.1, 0.15) is 5.78 Å². The summed E-state index contributed by atoms with van der Waals surface area (Å²) in [4.78, 5) is 36.3. The van der Waals surface area contributed by atoms with E-state index in [4.69, 9.17) is 5.11 Å². The summed E-state index contributed by atoms with van der Waals surface area (Å²) in [5, 5.41) is 9.06. The summed E-state index contributed by atoms with van der Waals surface area (Å²) in [6.45, 7) is 6.29. The van der Waals surface area contributed by atoms with E-state index in [2.05, 4.69) is 13.8 Å². The summed E-state index contributed by atoms with van der Waals surface area (Å²) < 4.78 is 28.9. The zero-order valence-electron chi connectivity index (χ0n) is 18.3. The fourth-order valence-corrected chi connectivity index (χ4v) is 8.30. The second-order valence-electron chi connectivity index (χ2n) is 11.3. The van der Waals surface area contributed by atoms with E-state index >= 15 is 0 Å². The Morgan fingerprint density at radius 2 is 1.77 bits per heavy atom. The van der Waals surface area contributed by atoms with E-state index in [1.54, 1.807) is 0 Å². The Bertz CT molecular complexity index is 764. The first kappa shape index (κ1) is 21.9. The second-order valence-corrected chi connectivity index (χ2v) is 11.3. The number of ketones is 2. The van der Waals surface area contributed by atoms with Crippen LogP contribution in [0.15, 0.2) is 0 Å². The lowest BCUT2D eigenvalue weighted by molar-refractivity contribution is -0.186. The number of aliphatic carboxylic acids is 1. The van der Waals surface area contributed by atoms with E-state index in [0.29, 0.717) is 12.3 Å². The van der Waals surface area contributed by atoms with Crippen molar-refractivity contribution >= 4 is 17.5 Å². The van der Waals surface area contributed by atoms with Crippen LogP contribution in [-0.2, 0) is 14.4 Å². The van der Waals surface area contributed by atoms with Gasteiger partial charge >= 0.3 is 11.9 Å². The molecule has 168 valence electrons. The minimum Gasteiger partial charge on any atom is -0.481 e. The Kier molecular flexibility index (Phi) is 5.18. The van der Waals surface area contributed by atoms with Crippen LogP contribution in [0, 0.1) is 46.3 Å². The van der Waals surface area contributed by atoms with Gasteiger partial charge in [0.15, 0.2) is 0 Å². The average molecular weight is 425 g/mol. The smallest absolute Gasteiger partial charge is 0.305 e. The van der Waals surface area contributed by atoms with Crippen LogP contribution in [0.25, 0.3) is 0 Å². The molecule has 0 aromatic heterocycles. The van der Waals surface area contributed by atoms with Crippen molar-refractivity contribution in [2.75, 3.05) is 0 Å². The number of carboxylic acid groups (broad SMARTS) is 1. The van der Waals surface area contributed by atoms with Crippen LogP contribution >= 0.6 is 0 Å². The number of fused-ring (bicyclic) bond motifs is 5. The Labute approximate surface area is 177 Å². The summed E-state index contributed by atoms with van der Waals surface area (Å²) >= 11 is 0. The third kappa shape index (κ3) is 3.15. The lowest BCUT2D eigenvalue weighted by atomic mass is 9.44. The van der Waals surface area contributed by atoms with E-state index in [1.807, 2.05) is 6.92 Å². The van der Waals surface area contributed by atoms with Crippen molar-refractivity contribution in [2.45, 2.75) is 84.5 Å².